The molecule has 1 amide bonds. The van der Waals surface area contributed by atoms with E-state index in [1.54, 1.807) is 31.2 Å². The van der Waals surface area contributed by atoms with Crippen LogP contribution < -0.4 is 5.32 Å². The molecule has 2 aromatic carbocycles. The molecule has 1 atom stereocenters. The smallest absolute Gasteiger partial charge is 0.263 e. The average Bonchev–Trinajstić information content (AvgIpc) is 2.98. The summed E-state index contributed by atoms with van der Waals surface area (Å²) in [7, 11) is 0. The largest absolute Gasteiger partial charge is 0.345 e. The van der Waals surface area contributed by atoms with Crippen molar-refractivity contribution in [3.63, 3.8) is 0 Å². The maximum absolute atomic E-state index is 13.0. The van der Waals surface area contributed by atoms with E-state index < -0.39 is 0 Å². The molecule has 1 unspecified atom stereocenters. The molecule has 3 rings (SSSR count). The fraction of sp³-hybridized carbons (Fsp3) is 0.158. The van der Waals surface area contributed by atoms with E-state index >= 15 is 0 Å². The summed E-state index contributed by atoms with van der Waals surface area (Å²) in [6.07, 6.45) is 0. The normalized spacial score (nSPS) is 12.0. The van der Waals surface area contributed by atoms with Crippen LogP contribution in [0.25, 0.3) is 10.6 Å². The number of benzene rings is 2. The third-order valence-corrected chi connectivity index (χ3v) is 5.02. The Balaban J connectivity index is 1.78. The lowest BCUT2D eigenvalue weighted by atomic mass is 10.1. The van der Waals surface area contributed by atoms with Crippen molar-refractivity contribution in [3.8, 4) is 10.6 Å². The van der Waals surface area contributed by atoms with E-state index in [4.69, 9.17) is 0 Å². The van der Waals surface area contributed by atoms with E-state index in [1.807, 2.05) is 6.92 Å². The number of carbonyl (C=O) groups is 1. The average molecular weight is 358 g/mol. The highest BCUT2D eigenvalue weighted by atomic mass is 32.1. The Morgan fingerprint density at radius 1 is 1.04 bits per heavy atom. The van der Waals surface area contributed by atoms with Crippen molar-refractivity contribution in [3.05, 3.63) is 76.3 Å². The summed E-state index contributed by atoms with van der Waals surface area (Å²) in [4.78, 5) is 17.5. The Labute approximate surface area is 148 Å². The van der Waals surface area contributed by atoms with Crippen molar-refractivity contribution in [1.29, 1.82) is 0 Å². The summed E-state index contributed by atoms with van der Waals surface area (Å²) >= 11 is 1.26. The molecule has 0 aliphatic rings. The number of amides is 1. The van der Waals surface area contributed by atoms with Crippen molar-refractivity contribution >= 4 is 17.2 Å². The molecule has 0 aliphatic carbocycles. The van der Waals surface area contributed by atoms with Crippen LogP contribution in [0.15, 0.2) is 48.5 Å². The molecule has 25 heavy (non-hydrogen) atoms. The molecule has 0 saturated carbocycles. The van der Waals surface area contributed by atoms with Crippen LogP contribution >= 0.6 is 11.3 Å². The highest BCUT2D eigenvalue weighted by Crippen LogP contribution is 2.28. The number of aromatic nitrogens is 1. The molecule has 0 spiro atoms. The molecule has 3 aromatic rings. The van der Waals surface area contributed by atoms with Gasteiger partial charge in [-0.2, -0.15) is 0 Å². The molecule has 0 bridgehead atoms. The maximum Gasteiger partial charge on any atom is 0.263 e. The van der Waals surface area contributed by atoms with Gasteiger partial charge in [0, 0.05) is 5.56 Å². The first-order valence-electron chi connectivity index (χ1n) is 7.73. The summed E-state index contributed by atoms with van der Waals surface area (Å²) in [5.41, 5.74) is 2.20. The standard InChI is InChI=1S/C19H16F2N2OS/c1-11(13-3-7-15(20)8-4-13)22-18(24)17-12(2)23-19(25-17)14-5-9-16(21)10-6-14/h3-11H,1-2H3,(H,22,24). The fourth-order valence-corrected chi connectivity index (χ4v) is 3.39. The number of halogens is 2. The summed E-state index contributed by atoms with van der Waals surface area (Å²) in [6, 6.07) is 11.7. The minimum absolute atomic E-state index is 0.236. The lowest BCUT2D eigenvalue weighted by Gasteiger charge is -2.13. The highest BCUT2D eigenvalue weighted by Gasteiger charge is 2.18. The quantitative estimate of drug-likeness (QED) is 0.722. The van der Waals surface area contributed by atoms with Gasteiger partial charge in [0.15, 0.2) is 0 Å². The number of thiazole rings is 1. The highest BCUT2D eigenvalue weighted by molar-refractivity contribution is 7.17. The van der Waals surface area contributed by atoms with Gasteiger partial charge in [-0.1, -0.05) is 12.1 Å². The molecule has 0 saturated heterocycles. The lowest BCUT2D eigenvalue weighted by Crippen LogP contribution is -2.26. The van der Waals surface area contributed by atoms with Gasteiger partial charge in [-0.15, -0.1) is 11.3 Å². The minimum atomic E-state index is -0.317. The molecule has 3 nitrogen and oxygen atoms in total. The number of rotatable bonds is 4. The Morgan fingerprint density at radius 3 is 2.20 bits per heavy atom. The third-order valence-electron chi connectivity index (χ3n) is 3.81. The first kappa shape index (κ1) is 17.2. The van der Waals surface area contributed by atoms with Crippen molar-refractivity contribution in [1.82, 2.24) is 10.3 Å². The summed E-state index contributed by atoms with van der Waals surface area (Å²) in [6.45, 7) is 3.60. The number of nitrogens with zero attached hydrogens (tertiary/aromatic N) is 1. The van der Waals surface area contributed by atoms with Crippen molar-refractivity contribution in [2.24, 2.45) is 0 Å². The van der Waals surface area contributed by atoms with Crippen LogP contribution in [0.4, 0.5) is 8.78 Å². The number of nitrogens with one attached hydrogen (secondary N) is 1. The van der Waals surface area contributed by atoms with Gasteiger partial charge < -0.3 is 5.32 Å². The van der Waals surface area contributed by atoms with Crippen LogP contribution in [0, 0.1) is 18.6 Å². The van der Waals surface area contributed by atoms with Gasteiger partial charge in [0.25, 0.3) is 5.91 Å². The van der Waals surface area contributed by atoms with Gasteiger partial charge in [-0.3, -0.25) is 4.79 Å². The molecule has 1 heterocycles. The second-order valence-corrected chi connectivity index (χ2v) is 6.69. The van der Waals surface area contributed by atoms with Crippen molar-refractivity contribution in [2.75, 3.05) is 0 Å². The van der Waals surface area contributed by atoms with Gasteiger partial charge in [0.1, 0.15) is 21.5 Å². The summed E-state index contributed by atoms with van der Waals surface area (Å²) < 4.78 is 26.0. The van der Waals surface area contributed by atoms with Crippen LogP contribution in [-0.4, -0.2) is 10.9 Å². The minimum Gasteiger partial charge on any atom is -0.345 e. The van der Waals surface area contributed by atoms with Gasteiger partial charge in [-0.05, 0) is 55.8 Å². The van der Waals surface area contributed by atoms with Gasteiger partial charge in [-0.25, -0.2) is 13.8 Å². The predicted molar refractivity (Wildman–Crippen MR) is 94.5 cm³/mol. The van der Waals surface area contributed by atoms with E-state index in [0.29, 0.717) is 15.6 Å². The Bertz CT molecular complexity index is 889. The zero-order valence-corrected chi connectivity index (χ0v) is 14.5. The fourth-order valence-electron chi connectivity index (χ4n) is 2.42. The maximum atomic E-state index is 13.0. The predicted octanol–water partition coefficient (Wildman–Crippen LogP) is 4.89. The monoisotopic (exact) mass is 358 g/mol. The first-order chi connectivity index (χ1) is 11.9. The van der Waals surface area contributed by atoms with Gasteiger partial charge in [0.05, 0.1) is 11.7 Å². The van der Waals surface area contributed by atoms with Crippen LogP contribution in [0.5, 0.6) is 0 Å². The third kappa shape index (κ3) is 3.91. The zero-order valence-electron chi connectivity index (χ0n) is 13.7. The number of carbonyl (C=O) groups excluding carboxylic acids is 1. The SMILES string of the molecule is Cc1nc(-c2ccc(F)cc2)sc1C(=O)NC(C)c1ccc(F)cc1. The molecule has 0 fully saturated rings. The van der Waals surface area contributed by atoms with E-state index in [2.05, 4.69) is 10.3 Å². The van der Waals surface area contributed by atoms with Gasteiger partial charge >= 0.3 is 0 Å². The second-order valence-electron chi connectivity index (χ2n) is 5.69. The first-order valence-corrected chi connectivity index (χ1v) is 8.55. The molecule has 128 valence electrons. The van der Waals surface area contributed by atoms with E-state index in [1.165, 1.54) is 35.6 Å². The van der Waals surface area contributed by atoms with E-state index in [9.17, 15) is 13.6 Å². The zero-order chi connectivity index (χ0) is 18.0. The van der Waals surface area contributed by atoms with E-state index in [-0.39, 0.29) is 23.6 Å². The molecule has 0 aliphatic heterocycles. The van der Waals surface area contributed by atoms with Crippen LogP contribution in [0.2, 0.25) is 0 Å². The van der Waals surface area contributed by atoms with Crippen LogP contribution in [0.3, 0.4) is 0 Å². The molecular formula is C19H16F2N2OS. The Hall–Kier alpha value is -2.60. The lowest BCUT2D eigenvalue weighted by molar-refractivity contribution is 0.0943. The Morgan fingerprint density at radius 2 is 1.60 bits per heavy atom. The van der Waals surface area contributed by atoms with Crippen molar-refractivity contribution in [2.45, 2.75) is 19.9 Å². The van der Waals surface area contributed by atoms with E-state index in [0.717, 1.165) is 11.1 Å². The number of hydrogen-bond donors (Lipinski definition) is 1. The molecule has 1 N–H and O–H groups in total. The Kier molecular flexibility index (Phi) is 4.90. The summed E-state index contributed by atoms with van der Waals surface area (Å²) in [5.74, 6) is -0.868. The molecule has 1 aromatic heterocycles. The van der Waals surface area contributed by atoms with Crippen LogP contribution in [0.1, 0.15) is 33.9 Å². The van der Waals surface area contributed by atoms with Gasteiger partial charge in [0.2, 0.25) is 0 Å². The topological polar surface area (TPSA) is 42.0 Å². The number of hydrogen-bond acceptors (Lipinski definition) is 3. The number of aryl methyl sites for hydroxylation is 1. The second kappa shape index (κ2) is 7.11. The molecule has 6 heteroatoms. The van der Waals surface area contributed by atoms with Crippen molar-refractivity contribution < 1.29 is 13.6 Å². The van der Waals surface area contributed by atoms with Crippen LogP contribution in [-0.2, 0) is 0 Å². The molecular weight excluding hydrogens is 342 g/mol. The molecule has 0 radical (unpaired) electrons. The summed E-state index contributed by atoms with van der Waals surface area (Å²) in [5, 5.41) is 3.56.